The zero-order valence-corrected chi connectivity index (χ0v) is 56.5. The van der Waals surface area contributed by atoms with E-state index in [9.17, 15) is 69.9 Å². The van der Waals surface area contributed by atoms with Gasteiger partial charge in [0.05, 0.1) is 34.7 Å². The van der Waals surface area contributed by atoms with E-state index in [1.165, 1.54) is 33.0 Å². The largest absolute Gasteiger partial charge is 0.508 e. The van der Waals surface area contributed by atoms with Gasteiger partial charge in [0.1, 0.15) is 89.5 Å². The number of carbonyl (C=O) groups excluding carboxylic acids is 7. The van der Waals surface area contributed by atoms with Crippen molar-refractivity contribution < 1.29 is 113 Å². The van der Waals surface area contributed by atoms with Crippen molar-refractivity contribution in [1.29, 1.82) is 0 Å². The van der Waals surface area contributed by atoms with Crippen LogP contribution in [0.2, 0.25) is 10.0 Å². The number of carbonyl (C=O) groups is 8. The Morgan fingerprint density at radius 1 is 0.716 bits per heavy atom. The lowest BCUT2D eigenvalue weighted by atomic mass is 9.86. The van der Waals surface area contributed by atoms with Gasteiger partial charge in [0, 0.05) is 41.3 Å². The molecule has 7 amide bonds. The van der Waals surface area contributed by atoms with E-state index < -0.39 is 225 Å². The maximum atomic E-state index is 16.1. The van der Waals surface area contributed by atoms with E-state index >= 15 is 14.4 Å². The number of aliphatic hydroxyl groups is 5. The number of nitrogens with two attached hydrogens (primary N) is 3. The van der Waals surface area contributed by atoms with E-state index in [0.29, 0.717) is 0 Å². The second kappa shape index (κ2) is 30.8. The molecule has 11 bridgehead atoms. The lowest BCUT2D eigenvalue weighted by Crippen LogP contribution is -2.65. The summed E-state index contributed by atoms with van der Waals surface area (Å²) in [6.45, 7) is 6.29. The summed E-state index contributed by atoms with van der Waals surface area (Å²) >= 11 is 14.2. The Morgan fingerprint density at radius 2 is 1.32 bits per heavy atom. The van der Waals surface area contributed by atoms with Crippen molar-refractivity contribution in [3.8, 4) is 57.1 Å². The number of nitrogens with one attached hydrogen (secondary N) is 8. The second-order valence-corrected chi connectivity index (χ2v) is 26.8. The molecule has 548 valence electrons. The van der Waals surface area contributed by atoms with Gasteiger partial charge in [-0.1, -0.05) is 55.2 Å². The van der Waals surface area contributed by atoms with Crippen LogP contribution in [0, 0.1) is 5.92 Å². The first-order valence-electron chi connectivity index (χ1n) is 31.9. The molecule has 23 N–H and O–H groups in total. The van der Waals surface area contributed by atoms with E-state index in [2.05, 4.69) is 42.6 Å². The standard InChI is InChI=1S/C66H77Cl2N11O23/c1-23(2)12-34(72-5)58(89)78-49-51(84)26-7-10-38(32(67)14-26)98-40-16-28-17-41(55(40)102-65-56(54(87)53(86)42(100-65)22-73-71)101-44-21-66(4,70)57(88)24(3)97-44)99-39-11-8-27(15-33(39)68)52(85)50-63(94)77-48(64(95)96)31-18-29(80)19-37(82)45(31)30-13-25(6-9-36(30)81)46(60(91)79-50)76-61(92)47(28)75-59(90)35(20-43(69)83)74-62(49)93/h6-11,13-19,23-24,34-35,42,44,46-54,56-57,65,72-73,80-82,84-88H,12,20-22,70-71H2,1-5H3,(H2,69,83)(H,74,93)(H,75,90)(H,76,92)(H,77,94)(H,78,89)(H,79,91)(H,95,96)/t24-,34+,35-,42+,44-,46+,47+,48-,49+,50-,51+,52+,53+,54-,56+,57+,65-,66-/m0/s1. The molecule has 7 aliphatic heterocycles. The van der Waals surface area contributed by atoms with E-state index in [4.69, 9.17) is 68.9 Å². The number of halogens is 2. The molecule has 5 aromatic rings. The zero-order chi connectivity index (χ0) is 74.2. The Kier molecular flexibility index (Phi) is 22.7. The normalized spacial score (nSPS) is 29.3. The van der Waals surface area contributed by atoms with Crippen LogP contribution in [0.3, 0.4) is 0 Å². The highest BCUT2D eigenvalue weighted by Crippen LogP contribution is 2.50. The number of hydrazine groups is 1. The number of carboxylic acids is 1. The van der Waals surface area contributed by atoms with E-state index in [1.807, 2.05) is 13.8 Å². The summed E-state index contributed by atoms with van der Waals surface area (Å²) in [5, 5.41) is 120. The Hall–Kier alpha value is -9.24. The van der Waals surface area contributed by atoms with Gasteiger partial charge in [-0.3, -0.25) is 44.8 Å². The molecule has 2 fully saturated rings. The third-order valence-electron chi connectivity index (χ3n) is 17.9. The van der Waals surface area contributed by atoms with Gasteiger partial charge in [0.25, 0.3) is 0 Å². The summed E-state index contributed by atoms with van der Waals surface area (Å²) in [4.78, 5) is 117. The second-order valence-electron chi connectivity index (χ2n) is 25.9. The summed E-state index contributed by atoms with van der Waals surface area (Å²) in [7, 11) is 1.48. The predicted molar refractivity (Wildman–Crippen MR) is 354 cm³/mol. The number of carboxylic acid groups (broad SMARTS) is 1. The molecule has 18 atom stereocenters. The van der Waals surface area contributed by atoms with Gasteiger partial charge in [-0.25, -0.2) is 4.79 Å². The highest BCUT2D eigenvalue weighted by molar-refractivity contribution is 6.32. The Balaban J connectivity index is 1.24. The monoisotopic (exact) mass is 1460 g/mol. The van der Waals surface area contributed by atoms with Crippen LogP contribution in [0.15, 0.2) is 78.9 Å². The molecule has 0 aliphatic carbocycles. The Bertz CT molecular complexity index is 4100. The molecule has 0 aromatic heterocycles. The molecule has 36 heteroatoms. The number of hydrogen-bond donors (Lipinski definition) is 20. The number of fused-ring (bicyclic) bond motifs is 15. The van der Waals surface area contributed by atoms with Crippen LogP contribution in [0.4, 0.5) is 0 Å². The number of amides is 7. The smallest absolute Gasteiger partial charge is 0.330 e. The molecule has 34 nitrogen and oxygen atoms in total. The van der Waals surface area contributed by atoms with Crippen molar-refractivity contribution in [3.05, 3.63) is 117 Å². The zero-order valence-electron chi connectivity index (χ0n) is 55.0. The number of ether oxygens (including phenoxy) is 6. The summed E-state index contributed by atoms with van der Waals surface area (Å²) in [6, 6.07) is -0.485. The summed E-state index contributed by atoms with van der Waals surface area (Å²) in [6.07, 6.45) is -18.0. The van der Waals surface area contributed by atoms with Crippen LogP contribution < -0.4 is 74.2 Å². The van der Waals surface area contributed by atoms with Gasteiger partial charge in [-0.2, -0.15) is 0 Å². The van der Waals surface area contributed by atoms with Crippen molar-refractivity contribution in [2.24, 2.45) is 23.2 Å². The lowest BCUT2D eigenvalue weighted by Gasteiger charge is -2.47. The molecular weight excluding hydrogens is 1390 g/mol. The van der Waals surface area contributed by atoms with Crippen LogP contribution in [0.25, 0.3) is 11.1 Å². The van der Waals surface area contributed by atoms with Crippen molar-refractivity contribution in [3.63, 3.8) is 0 Å². The molecule has 12 rings (SSSR count). The predicted octanol–water partition coefficient (Wildman–Crippen LogP) is -0.423. The fraction of sp³-hybridized carbons (Fsp3) is 0.424. The number of aromatic hydroxyl groups is 3. The van der Waals surface area contributed by atoms with Crippen LogP contribution in [0.5, 0.6) is 46.0 Å². The van der Waals surface area contributed by atoms with Crippen LogP contribution >= 0.6 is 23.2 Å². The fourth-order valence-corrected chi connectivity index (χ4v) is 13.1. The molecule has 7 heterocycles. The van der Waals surface area contributed by atoms with Gasteiger partial charge < -0.3 is 123 Å². The van der Waals surface area contributed by atoms with Crippen molar-refractivity contribution in [2.75, 3.05) is 13.6 Å². The number of likely N-dealkylation sites (N-methyl/N-ethyl adjacent to an activating group) is 1. The first kappa shape index (κ1) is 75.4. The Morgan fingerprint density at radius 3 is 1.91 bits per heavy atom. The fourth-order valence-electron chi connectivity index (χ4n) is 12.6. The average molecular weight is 1460 g/mol. The average Bonchev–Trinajstić information content (AvgIpc) is 0.768. The number of hydrogen-bond acceptors (Lipinski definition) is 26. The minimum atomic E-state index is -2.33. The van der Waals surface area contributed by atoms with Gasteiger partial charge in [-0.15, -0.1) is 0 Å². The van der Waals surface area contributed by atoms with Crippen LogP contribution in [0.1, 0.15) is 105 Å². The first-order chi connectivity index (χ1) is 48.2. The summed E-state index contributed by atoms with van der Waals surface area (Å²) in [5.41, 5.74) is 10.5. The Labute approximate surface area is 590 Å². The topological polar surface area (TPSA) is 548 Å². The third-order valence-corrected chi connectivity index (χ3v) is 18.5. The summed E-state index contributed by atoms with van der Waals surface area (Å²) < 4.78 is 38.8. The number of aliphatic hydroxyl groups excluding tert-OH is 5. The molecule has 7 aliphatic rings. The molecule has 0 saturated carbocycles. The minimum absolute atomic E-state index is 0.0948. The van der Waals surface area contributed by atoms with Crippen molar-refractivity contribution >= 4 is 70.5 Å². The SMILES string of the molecule is CN[C@H](CC(C)C)C(=O)N[C@H]1C(=O)N[C@@H](CC(N)=O)C(=O)N[C@H]2C(=O)N[C@H]3C(=O)N[C@H](C(=O)N[C@H](C(=O)O)c4cc(O)cc(O)c4-c4cc3ccc4O)[C@H](O)c3ccc(c(Cl)c3)Oc3cc2cc(c3O[C@@H]2O[C@H](CNN)[C@@H](O)[C@H](O)[C@H]2O[C@H]2C[C@](C)(N)[C@H](O)[C@H](C)O2)Oc2ccc(cc2Cl)[C@H]1O. The highest BCUT2D eigenvalue weighted by atomic mass is 35.5. The van der Waals surface area contributed by atoms with Gasteiger partial charge in [-0.05, 0) is 110 Å². The molecule has 102 heavy (non-hydrogen) atoms. The number of aliphatic carboxylic acids is 1. The number of primary amides is 1. The lowest BCUT2D eigenvalue weighted by molar-refractivity contribution is -0.330. The van der Waals surface area contributed by atoms with E-state index in [1.54, 1.807) is 0 Å². The first-order valence-corrected chi connectivity index (χ1v) is 32.7. The quantitative estimate of drug-likeness (QED) is 0.0496. The van der Waals surface area contributed by atoms with E-state index in [0.717, 1.165) is 66.7 Å². The number of rotatable bonds is 14. The number of benzene rings is 5. The van der Waals surface area contributed by atoms with Gasteiger partial charge >= 0.3 is 5.97 Å². The van der Waals surface area contributed by atoms with Gasteiger partial charge in [0.15, 0.2) is 29.9 Å². The molecule has 0 unspecified atom stereocenters. The number of phenols is 3. The minimum Gasteiger partial charge on any atom is -0.508 e. The molecule has 0 radical (unpaired) electrons. The summed E-state index contributed by atoms with van der Waals surface area (Å²) in [5.74, 6) is -10.0. The van der Waals surface area contributed by atoms with Crippen LogP contribution in [-0.4, -0.2) is 186 Å². The highest BCUT2D eigenvalue weighted by Gasteiger charge is 2.51. The van der Waals surface area contributed by atoms with Crippen molar-refractivity contribution in [2.45, 2.75) is 156 Å². The molecule has 0 spiro atoms. The number of phenolic OH excluding ortho intramolecular Hbond substituents is 3. The molecule has 5 aromatic carbocycles. The maximum absolute atomic E-state index is 16.1. The van der Waals surface area contributed by atoms with E-state index in [-0.39, 0.29) is 58.5 Å². The molecule has 2 saturated heterocycles. The van der Waals surface area contributed by atoms with Crippen LogP contribution in [-0.2, 0) is 52.6 Å². The van der Waals surface area contributed by atoms with Crippen molar-refractivity contribution in [1.82, 2.24) is 42.6 Å². The third kappa shape index (κ3) is 16.0. The maximum Gasteiger partial charge on any atom is 0.330 e. The van der Waals surface area contributed by atoms with Gasteiger partial charge in [0.2, 0.25) is 53.4 Å². The molecular formula is C66H77Cl2N11O23.